The minimum absolute atomic E-state index is 0.0500. The maximum atomic E-state index is 13.4. The lowest BCUT2D eigenvalue weighted by atomic mass is 10.2. The third-order valence-electron chi connectivity index (χ3n) is 3.14. The van der Waals surface area contributed by atoms with Crippen molar-refractivity contribution in [1.82, 2.24) is 4.31 Å². The summed E-state index contributed by atoms with van der Waals surface area (Å²) in [5, 5.41) is 4.88. The number of anilines is 1. The van der Waals surface area contributed by atoms with Crippen molar-refractivity contribution in [3.8, 4) is 0 Å². The highest BCUT2D eigenvalue weighted by Gasteiger charge is 2.24. The van der Waals surface area contributed by atoms with Gasteiger partial charge < -0.3 is 0 Å². The second-order valence-electron chi connectivity index (χ2n) is 4.76. The molecule has 7 nitrogen and oxygen atoms in total. The molecule has 10 heteroatoms. The first-order chi connectivity index (χ1) is 9.70. The van der Waals surface area contributed by atoms with E-state index in [2.05, 4.69) is 4.72 Å². The summed E-state index contributed by atoms with van der Waals surface area (Å²) in [6.45, 7) is 0.803. The molecule has 1 saturated heterocycles. The van der Waals surface area contributed by atoms with Gasteiger partial charge in [-0.1, -0.05) is 6.42 Å². The van der Waals surface area contributed by atoms with E-state index in [0.717, 1.165) is 37.5 Å². The van der Waals surface area contributed by atoms with Gasteiger partial charge in [-0.25, -0.2) is 17.9 Å². The fraction of sp³-hybridized carbons (Fsp3) is 0.455. The molecule has 1 fully saturated rings. The highest BCUT2D eigenvalue weighted by atomic mass is 32.2. The normalized spacial score (nSPS) is 17.6. The van der Waals surface area contributed by atoms with Crippen molar-refractivity contribution >= 4 is 25.9 Å². The summed E-state index contributed by atoms with van der Waals surface area (Å²) >= 11 is 0. The SMILES string of the molecule is NS(=O)(=O)c1cc(NS(=O)(=O)N2CCCCC2)ccc1F. The lowest BCUT2D eigenvalue weighted by molar-refractivity contribution is 0.349. The van der Waals surface area contributed by atoms with Gasteiger partial charge in [0, 0.05) is 13.1 Å². The topological polar surface area (TPSA) is 110 Å². The zero-order valence-corrected chi connectivity index (χ0v) is 12.8. The molecule has 0 unspecified atom stereocenters. The second-order valence-corrected chi connectivity index (χ2v) is 7.96. The number of benzene rings is 1. The minimum Gasteiger partial charge on any atom is -0.271 e. The smallest absolute Gasteiger partial charge is 0.271 e. The van der Waals surface area contributed by atoms with Crippen molar-refractivity contribution in [2.75, 3.05) is 17.8 Å². The van der Waals surface area contributed by atoms with Crippen LogP contribution in [-0.2, 0) is 20.2 Å². The second kappa shape index (κ2) is 5.87. The van der Waals surface area contributed by atoms with E-state index >= 15 is 0 Å². The highest BCUT2D eigenvalue weighted by molar-refractivity contribution is 7.90. The first-order valence-corrected chi connectivity index (χ1v) is 9.29. The lowest BCUT2D eigenvalue weighted by Gasteiger charge is -2.26. The van der Waals surface area contributed by atoms with E-state index in [9.17, 15) is 21.2 Å². The number of hydrogen-bond donors (Lipinski definition) is 2. The van der Waals surface area contributed by atoms with Crippen LogP contribution in [0.5, 0.6) is 0 Å². The zero-order chi connectivity index (χ0) is 15.7. The van der Waals surface area contributed by atoms with E-state index in [-0.39, 0.29) is 5.69 Å². The summed E-state index contributed by atoms with van der Waals surface area (Å²) in [6, 6.07) is 2.87. The van der Waals surface area contributed by atoms with E-state index in [1.165, 1.54) is 4.31 Å². The number of nitrogens with zero attached hydrogens (tertiary/aromatic N) is 1. The Hall–Kier alpha value is -1.23. The average molecular weight is 337 g/mol. The summed E-state index contributed by atoms with van der Waals surface area (Å²) in [5.74, 6) is -1.03. The van der Waals surface area contributed by atoms with E-state index in [1.807, 2.05) is 0 Å². The van der Waals surface area contributed by atoms with Gasteiger partial charge in [-0.05, 0) is 31.0 Å². The van der Waals surface area contributed by atoms with Crippen LogP contribution < -0.4 is 9.86 Å². The molecule has 21 heavy (non-hydrogen) atoms. The van der Waals surface area contributed by atoms with Gasteiger partial charge in [-0.15, -0.1) is 0 Å². The van der Waals surface area contributed by atoms with Gasteiger partial charge in [-0.3, -0.25) is 4.72 Å². The lowest BCUT2D eigenvalue weighted by Crippen LogP contribution is -2.39. The van der Waals surface area contributed by atoms with Crippen LogP contribution in [-0.4, -0.2) is 34.2 Å². The molecule has 0 spiro atoms. The van der Waals surface area contributed by atoms with Crippen LogP contribution in [0, 0.1) is 5.82 Å². The number of rotatable bonds is 4. The molecule has 0 aliphatic carbocycles. The minimum atomic E-state index is -4.26. The van der Waals surface area contributed by atoms with Crippen molar-refractivity contribution in [1.29, 1.82) is 0 Å². The zero-order valence-electron chi connectivity index (χ0n) is 11.1. The first-order valence-electron chi connectivity index (χ1n) is 6.30. The molecule has 0 bridgehead atoms. The summed E-state index contributed by atoms with van der Waals surface area (Å²) in [6.07, 6.45) is 2.51. The third-order valence-corrected chi connectivity index (χ3v) is 5.60. The molecule has 0 radical (unpaired) electrons. The van der Waals surface area contributed by atoms with Crippen molar-refractivity contribution in [3.63, 3.8) is 0 Å². The monoisotopic (exact) mass is 337 g/mol. The number of hydrogen-bond acceptors (Lipinski definition) is 4. The molecule has 1 aromatic rings. The molecular weight excluding hydrogens is 321 g/mol. The van der Waals surface area contributed by atoms with Crippen LogP contribution in [0.3, 0.4) is 0 Å². The number of piperidine rings is 1. The Labute approximate surface area is 123 Å². The number of nitrogens with two attached hydrogens (primary N) is 1. The summed E-state index contributed by atoms with van der Waals surface area (Å²) in [7, 11) is -8.05. The van der Waals surface area contributed by atoms with E-state index in [4.69, 9.17) is 5.14 Å². The van der Waals surface area contributed by atoms with E-state index in [0.29, 0.717) is 13.1 Å². The van der Waals surface area contributed by atoms with Crippen LogP contribution >= 0.6 is 0 Å². The maximum Gasteiger partial charge on any atom is 0.301 e. The molecular formula is C11H16FN3O4S2. The Bertz CT molecular complexity index is 728. The molecule has 1 heterocycles. The van der Waals surface area contributed by atoms with Gasteiger partial charge in [0.1, 0.15) is 10.7 Å². The standard InChI is InChI=1S/C11H16FN3O4S2/c12-10-5-4-9(8-11(10)20(13,16)17)14-21(18,19)15-6-2-1-3-7-15/h4-5,8,14H,1-3,6-7H2,(H2,13,16,17). The third kappa shape index (κ3) is 3.90. The Morgan fingerprint density at radius 3 is 2.29 bits per heavy atom. The highest BCUT2D eigenvalue weighted by Crippen LogP contribution is 2.21. The predicted molar refractivity (Wildman–Crippen MR) is 75.7 cm³/mol. The van der Waals surface area contributed by atoms with Gasteiger partial charge in [0.05, 0.1) is 5.69 Å². The van der Waals surface area contributed by atoms with Crippen LogP contribution in [0.4, 0.5) is 10.1 Å². The number of primary sulfonamides is 1. The Kier molecular flexibility index (Phi) is 4.51. The molecule has 1 aliphatic heterocycles. The largest absolute Gasteiger partial charge is 0.301 e. The number of sulfonamides is 1. The van der Waals surface area contributed by atoms with E-state index < -0.39 is 30.9 Å². The van der Waals surface area contributed by atoms with Gasteiger partial charge in [0.2, 0.25) is 10.0 Å². The molecule has 3 N–H and O–H groups in total. The Morgan fingerprint density at radius 2 is 1.71 bits per heavy atom. The maximum absolute atomic E-state index is 13.4. The number of nitrogens with one attached hydrogen (secondary N) is 1. The quantitative estimate of drug-likeness (QED) is 0.839. The molecule has 0 amide bonds. The summed E-state index contributed by atoms with van der Waals surface area (Å²) < 4.78 is 63.6. The summed E-state index contributed by atoms with van der Waals surface area (Å²) in [5.41, 5.74) is -0.0500. The molecule has 0 saturated carbocycles. The Morgan fingerprint density at radius 1 is 1.10 bits per heavy atom. The van der Waals surface area contributed by atoms with Crippen molar-refractivity contribution in [3.05, 3.63) is 24.0 Å². The van der Waals surface area contributed by atoms with Crippen LogP contribution in [0.25, 0.3) is 0 Å². The molecule has 2 rings (SSSR count). The first kappa shape index (κ1) is 16.1. The molecule has 0 atom stereocenters. The van der Waals surface area contributed by atoms with Crippen molar-refractivity contribution in [2.24, 2.45) is 5.14 Å². The van der Waals surface area contributed by atoms with Gasteiger partial charge in [-0.2, -0.15) is 12.7 Å². The fourth-order valence-electron chi connectivity index (χ4n) is 2.10. The van der Waals surface area contributed by atoms with Gasteiger partial charge >= 0.3 is 10.2 Å². The van der Waals surface area contributed by atoms with Crippen LogP contribution in [0.15, 0.2) is 23.1 Å². The van der Waals surface area contributed by atoms with Gasteiger partial charge in [0.25, 0.3) is 0 Å². The Balaban J connectivity index is 2.27. The molecule has 0 aromatic heterocycles. The molecule has 1 aromatic carbocycles. The average Bonchev–Trinajstić information content (AvgIpc) is 2.40. The van der Waals surface area contributed by atoms with Crippen molar-refractivity contribution < 1.29 is 21.2 Å². The summed E-state index contributed by atoms with van der Waals surface area (Å²) in [4.78, 5) is -0.749. The van der Waals surface area contributed by atoms with Crippen LogP contribution in [0.2, 0.25) is 0 Å². The van der Waals surface area contributed by atoms with Gasteiger partial charge in [0.15, 0.2) is 0 Å². The molecule has 118 valence electrons. The molecule has 1 aliphatic rings. The van der Waals surface area contributed by atoms with Crippen LogP contribution in [0.1, 0.15) is 19.3 Å². The van der Waals surface area contributed by atoms with Crippen molar-refractivity contribution in [2.45, 2.75) is 24.2 Å². The fourth-order valence-corrected chi connectivity index (χ4v) is 4.03. The number of halogens is 1. The van der Waals surface area contributed by atoms with E-state index in [1.54, 1.807) is 0 Å². The predicted octanol–water partition coefficient (Wildman–Crippen LogP) is 0.616.